The highest BCUT2D eigenvalue weighted by Crippen LogP contribution is 2.15. The summed E-state index contributed by atoms with van der Waals surface area (Å²) in [6.45, 7) is 7.06. The smallest absolute Gasteiger partial charge is 0.303 e. The molecule has 0 bridgehead atoms. The Morgan fingerprint density at radius 2 is 2.18 bits per heavy atom. The van der Waals surface area contributed by atoms with Gasteiger partial charge in [-0.3, -0.25) is 9.69 Å². The lowest BCUT2D eigenvalue weighted by Crippen LogP contribution is -2.48. The molecule has 0 saturated carbocycles. The number of carboxylic acid groups (broad SMARTS) is 1. The first-order valence-electron chi connectivity index (χ1n) is 6.21. The van der Waals surface area contributed by atoms with Crippen molar-refractivity contribution in [2.24, 2.45) is 0 Å². The van der Waals surface area contributed by atoms with Gasteiger partial charge < -0.3 is 9.84 Å². The maximum Gasteiger partial charge on any atom is 0.303 e. The molecular formula is C12H24ClNO3. The highest BCUT2D eigenvalue weighted by atomic mass is 35.5. The summed E-state index contributed by atoms with van der Waals surface area (Å²) in [6.07, 6.45) is 3.44. The lowest BCUT2D eigenvalue weighted by molar-refractivity contribution is -0.137. The second-order valence-electron chi connectivity index (χ2n) is 4.55. The lowest BCUT2D eigenvalue weighted by Gasteiger charge is -2.38. The number of carbonyl (C=O) groups is 1. The van der Waals surface area contributed by atoms with Crippen LogP contribution in [-0.2, 0) is 9.53 Å². The molecule has 0 aromatic heterocycles. The SMILES string of the molecule is CCC1COC(C)CN1CCCCC(=O)O.Cl. The quantitative estimate of drug-likeness (QED) is 0.748. The number of hydrogen-bond acceptors (Lipinski definition) is 3. The summed E-state index contributed by atoms with van der Waals surface area (Å²) in [5.74, 6) is -0.692. The van der Waals surface area contributed by atoms with Gasteiger partial charge in [0, 0.05) is 19.0 Å². The predicted molar refractivity (Wildman–Crippen MR) is 69.8 cm³/mol. The normalized spacial score (nSPS) is 25.3. The Bertz CT molecular complexity index is 226. The van der Waals surface area contributed by atoms with Gasteiger partial charge in [-0.25, -0.2) is 0 Å². The van der Waals surface area contributed by atoms with Gasteiger partial charge in [0.1, 0.15) is 0 Å². The summed E-state index contributed by atoms with van der Waals surface area (Å²) in [4.78, 5) is 12.8. The van der Waals surface area contributed by atoms with Gasteiger partial charge in [-0.15, -0.1) is 12.4 Å². The molecule has 102 valence electrons. The topological polar surface area (TPSA) is 49.8 Å². The van der Waals surface area contributed by atoms with Crippen LogP contribution in [0, 0.1) is 0 Å². The predicted octanol–water partition coefficient (Wildman–Crippen LogP) is 2.16. The summed E-state index contributed by atoms with van der Waals surface area (Å²) < 4.78 is 5.62. The molecule has 0 aromatic rings. The first-order valence-corrected chi connectivity index (χ1v) is 6.21. The Morgan fingerprint density at radius 1 is 1.47 bits per heavy atom. The van der Waals surface area contributed by atoms with Crippen molar-refractivity contribution in [2.45, 2.75) is 51.7 Å². The third-order valence-corrected chi connectivity index (χ3v) is 3.14. The largest absolute Gasteiger partial charge is 0.481 e. The van der Waals surface area contributed by atoms with E-state index >= 15 is 0 Å². The lowest BCUT2D eigenvalue weighted by atomic mass is 10.1. The van der Waals surface area contributed by atoms with Crippen molar-refractivity contribution < 1.29 is 14.6 Å². The molecule has 0 spiro atoms. The Labute approximate surface area is 110 Å². The Kier molecular flexibility index (Phi) is 8.56. The molecule has 0 aromatic carbocycles. The molecule has 1 aliphatic heterocycles. The van der Waals surface area contributed by atoms with Crippen molar-refractivity contribution in [3.05, 3.63) is 0 Å². The Morgan fingerprint density at radius 3 is 2.76 bits per heavy atom. The first kappa shape index (κ1) is 16.7. The van der Waals surface area contributed by atoms with Crippen LogP contribution in [0.1, 0.15) is 39.5 Å². The number of hydrogen-bond donors (Lipinski definition) is 1. The van der Waals surface area contributed by atoms with Gasteiger partial charge in [-0.2, -0.15) is 0 Å². The van der Waals surface area contributed by atoms with Crippen LogP contribution in [0.15, 0.2) is 0 Å². The summed E-state index contributed by atoms with van der Waals surface area (Å²) in [7, 11) is 0. The number of rotatable bonds is 6. The van der Waals surface area contributed by atoms with Crippen LogP contribution < -0.4 is 0 Å². The summed E-state index contributed by atoms with van der Waals surface area (Å²) >= 11 is 0. The zero-order valence-electron chi connectivity index (χ0n) is 10.7. The highest BCUT2D eigenvalue weighted by Gasteiger charge is 2.24. The zero-order chi connectivity index (χ0) is 12.0. The molecular weight excluding hydrogens is 242 g/mol. The number of ether oxygens (including phenoxy) is 1. The van der Waals surface area contributed by atoms with Crippen LogP contribution in [0.25, 0.3) is 0 Å². The molecule has 1 N–H and O–H groups in total. The first-order chi connectivity index (χ1) is 7.63. The molecule has 1 aliphatic rings. The van der Waals surface area contributed by atoms with E-state index in [2.05, 4.69) is 18.7 Å². The average molecular weight is 266 g/mol. The van der Waals surface area contributed by atoms with Gasteiger partial charge in [0.2, 0.25) is 0 Å². The third-order valence-electron chi connectivity index (χ3n) is 3.14. The van der Waals surface area contributed by atoms with Crippen molar-refractivity contribution in [3.8, 4) is 0 Å². The summed E-state index contributed by atoms with van der Waals surface area (Å²) in [5.41, 5.74) is 0. The van der Waals surface area contributed by atoms with Gasteiger partial charge >= 0.3 is 5.97 Å². The molecule has 17 heavy (non-hydrogen) atoms. The number of halogens is 1. The molecule has 1 saturated heterocycles. The van der Waals surface area contributed by atoms with E-state index in [-0.39, 0.29) is 18.8 Å². The average Bonchev–Trinajstić information content (AvgIpc) is 2.24. The van der Waals surface area contributed by atoms with Crippen LogP contribution in [-0.4, -0.2) is 47.8 Å². The zero-order valence-corrected chi connectivity index (χ0v) is 11.5. The molecule has 2 atom stereocenters. The Hall–Kier alpha value is -0.320. The second kappa shape index (κ2) is 8.72. The minimum Gasteiger partial charge on any atom is -0.481 e. The van der Waals surface area contributed by atoms with Crippen LogP contribution in [0.5, 0.6) is 0 Å². The van der Waals surface area contributed by atoms with E-state index in [0.717, 1.165) is 39.0 Å². The number of aliphatic carboxylic acids is 1. The van der Waals surface area contributed by atoms with Crippen LogP contribution in [0.3, 0.4) is 0 Å². The molecule has 0 amide bonds. The number of nitrogens with zero attached hydrogens (tertiary/aromatic N) is 1. The fourth-order valence-electron chi connectivity index (χ4n) is 2.15. The van der Waals surface area contributed by atoms with E-state index < -0.39 is 5.97 Å². The van der Waals surface area contributed by atoms with Crippen LogP contribution >= 0.6 is 12.4 Å². The molecule has 5 heteroatoms. The van der Waals surface area contributed by atoms with E-state index in [0.29, 0.717) is 12.1 Å². The number of morpholine rings is 1. The maximum absolute atomic E-state index is 10.4. The molecule has 2 unspecified atom stereocenters. The maximum atomic E-state index is 10.4. The van der Waals surface area contributed by atoms with Crippen molar-refractivity contribution in [3.63, 3.8) is 0 Å². The van der Waals surface area contributed by atoms with E-state index in [1.54, 1.807) is 0 Å². The van der Waals surface area contributed by atoms with E-state index in [1.807, 2.05) is 0 Å². The van der Waals surface area contributed by atoms with Crippen LogP contribution in [0.2, 0.25) is 0 Å². The van der Waals surface area contributed by atoms with E-state index in [9.17, 15) is 4.79 Å². The van der Waals surface area contributed by atoms with Crippen molar-refractivity contribution >= 4 is 18.4 Å². The molecule has 1 fully saturated rings. The summed E-state index contributed by atoms with van der Waals surface area (Å²) in [6, 6.07) is 0.515. The van der Waals surface area contributed by atoms with Gasteiger partial charge in [-0.1, -0.05) is 6.92 Å². The minimum atomic E-state index is -0.692. The Balaban J connectivity index is 0.00000256. The van der Waals surface area contributed by atoms with E-state index in [4.69, 9.17) is 9.84 Å². The monoisotopic (exact) mass is 265 g/mol. The molecule has 1 heterocycles. The molecule has 1 rings (SSSR count). The number of unbranched alkanes of at least 4 members (excludes halogenated alkanes) is 1. The van der Waals surface area contributed by atoms with Gasteiger partial charge in [0.25, 0.3) is 0 Å². The van der Waals surface area contributed by atoms with Crippen molar-refractivity contribution in [1.82, 2.24) is 4.90 Å². The van der Waals surface area contributed by atoms with Crippen LogP contribution in [0.4, 0.5) is 0 Å². The van der Waals surface area contributed by atoms with Gasteiger partial charge in [0.15, 0.2) is 0 Å². The fraction of sp³-hybridized carbons (Fsp3) is 0.917. The standard InChI is InChI=1S/C12H23NO3.ClH/c1-3-11-9-16-10(2)8-13(11)7-5-4-6-12(14)15;/h10-11H,3-9H2,1-2H3,(H,14,15);1H. The molecule has 0 radical (unpaired) electrons. The minimum absolute atomic E-state index is 0. The third kappa shape index (κ3) is 6.24. The van der Waals surface area contributed by atoms with Gasteiger partial charge in [-0.05, 0) is 32.7 Å². The van der Waals surface area contributed by atoms with Crippen molar-refractivity contribution in [2.75, 3.05) is 19.7 Å². The highest BCUT2D eigenvalue weighted by molar-refractivity contribution is 5.85. The molecule has 4 nitrogen and oxygen atoms in total. The fourth-order valence-corrected chi connectivity index (χ4v) is 2.15. The molecule has 0 aliphatic carbocycles. The second-order valence-corrected chi connectivity index (χ2v) is 4.55. The van der Waals surface area contributed by atoms with Gasteiger partial charge in [0.05, 0.1) is 12.7 Å². The number of carboxylic acids is 1. The summed E-state index contributed by atoms with van der Waals surface area (Å²) in [5, 5.41) is 8.56. The van der Waals surface area contributed by atoms with E-state index in [1.165, 1.54) is 0 Å². The van der Waals surface area contributed by atoms with Crippen molar-refractivity contribution in [1.29, 1.82) is 0 Å².